The first kappa shape index (κ1) is 12.9. The lowest BCUT2D eigenvalue weighted by atomic mass is 10.1. The second-order valence-corrected chi connectivity index (χ2v) is 4.44. The van der Waals surface area contributed by atoms with E-state index >= 15 is 0 Å². The lowest BCUT2D eigenvalue weighted by molar-refractivity contribution is 0.190. The maximum Gasteiger partial charge on any atom is 0.125 e. The van der Waals surface area contributed by atoms with Crippen LogP contribution in [-0.4, -0.2) is 10.1 Å². The van der Waals surface area contributed by atoms with Gasteiger partial charge in [0, 0.05) is 23.0 Å². The molecule has 94 valence electrons. The Bertz CT molecular complexity index is 514. The second kappa shape index (κ2) is 5.85. The molecule has 0 aliphatic heterocycles. The highest BCUT2D eigenvalue weighted by Crippen LogP contribution is 2.28. The summed E-state index contributed by atoms with van der Waals surface area (Å²) >= 11 is 5.90. The minimum absolute atomic E-state index is 0.434. The average molecular weight is 264 g/mol. The smallest absolute Gasteiger partial charge is 0.125 e. The van der Waals surface area contributed by atoms with Gasteiger partial charge in [0.05, 0.1) is 6.10 Å². The van der Waals surface area contributed by atoms with Crippen LogP contribution in [0.4, 0.5) is 0 Å². The Morgan fingerprint density at radius 2 is 2.00 bits per heavy atom. The fraction of sp³-hybridized carbons (Fsp3) is 0.214. The second-order valence-electron chi connectivity index (χ2n) is 4.00. The molecule has 0 amide bonds. The van der Waals surface area contributed by atoms with E-state index in [1.165, 1.54) is 0 Å². The lowest BCUT2D eigenvalue weighted by Gasteiger charge is -2.13. The summed E-state index contributed by atoms with van der Waals surface area (Å²) < 4.78 is 5.69. The zero-order chi connectivity index (χ0) is 13.0. The number of hydrogen-bond donors (Lipinski definition) is 1. The molecule has 1 aromatic heterocycles. The van der Waals surface area contributed by atoms with Crippen LogP contribution in [0.1, 0.15) is 24.2 Å². The summed E-state index contributed by atoms with van der Waals surface area (Å²) in [4.78, 5) is 3.94. The van der Waals surface area contributed by atoms with Gasteiger partial charge < -0.3 is 9.84 Å². The largest absolute Gasteiger partial charge is 0.489 e. The van der Waals surface area contributed by atoms with E-state index in [9.17, 15) is 5.11 Å². The number of aliphatic hydroxyl groups excluding tert-OH is 1. The fourth-order valence-corrected chi connectivity index (χ4v) is 1.80. The minimum Gasteiger partial charge on any atom is -0.489 e. The molecule has 1 heterocycles. The van der Waals surface area contributed by atoms with Crippen LogP contribution < -0.4 is 4.74 Å². The van der Waals surface area contributed by atoms with Gasteiger partial charge in [-0.15, -0.1) is 0 Å². The molecule has 1 atom stereocenters. The molecule has 1 aromatic carbocycles. The van der Waals surface area contributed by atoms with Gasteiger partial charge in [0.1, 0.15) is 12.4 Å². The quantitative estimate of drug-likeness (QED) is 0.920. The summed E-state index contributed by atoms with van der Waals surface area (Å²) in [6, 6.07) is 9.00. The summed E-state index contributed by atoms with van der Waals surface area (Å²) in [5, 5.41) is 10.3. The van der Waals surface area contributed by atoms with Crippen LogP contribution in [0.15, 0.2) is 42.7 Å². The number of ether oxygens (including phenoxy) is 1. The first-order valence-corrected chi connectivity index (χ1v) is 6.04. The van der Waals surface area contributed by atoms with Crippen LogP contribution in [0.3, 0.4) is 0 Å². The highest BCUT2D eigenvalue weighted by molar-refractivity contribution is 6.30. The molecule has 0 aliphatic rings. The molecule has 4 heteroatoms. The molecule has 0 saturated carbocycles. The molecule has 2 rings (SSSR count). The number of halogens is 1. The summed E-state index contributed by atoms with van der Waals surface area (Å²) in [6.45, 7) is 2.12. The van der Waals surface area contributed by atoms with Gasteiger partial charge in [-0.3, -0.25) is 4.98 Å². The van der Waals surface area contributed by atoms with Crippen molar-refractivity contribution in [3.05, 3.63) is 58.9 Å². The van der Waals surface area contributed by atoms with Crippen molar-refractivity contribution in [1.29, 1.82) is 0 Å². The van der Waals surface area contributed by atoms with Crippen LogP contribution in [0.2, 0.25) is 5.02 Å². The molecule has 0 aliphatic carbocycles. The molecule has 0 spiro atoms. The Balaban J connectivity index is 2.14. The number of benzene rings is 1. The Labute approximate surface area is 111 Å². The molecular formula is C14H14ClNO2. The van der Waals surface area contributed by atoms with Gasteiger partial charge in [-0.2, -0.15) is 0 Å². The number of nitrogens with zero attached hydrogens (tertiary/aromatic N) is 1. The number of hydrogen-bond acceptors (Lipinski definition) is 3. The molecule has 0 fully saturated rings. The van der Waals surface area contributed by atoms with Crippen molar-refractivity contribution in [2.24, 2.45) is 0 Å². The SMILES string of the molecule is C[C@@H](O)c1cc(Cl)ccc1OCc1ccncc1. The normalized spacial score (nSPS) is 12.2. The minimum atomic E-state index is -0.615. The average Bonchev–Trinajstić information content (AvgIpc) is 2.38. The molecule has 2 aromatic rings. The number of pyridine rings is 1. The van der Waals surface area contributed by atoms with Crippen molar-refractivity contribution in [3.63, 3.8) is 0 Å². The third-order valence-electron chi connectivity index (χ3n) is 2.57. The van der Waals surface area contributed by atoms with Crippen LogP contribution in [0.5, 0.6) is 5.75 Å². The van der Waals surface area contributed by atoms with Crippen molar-refractivity contribution in [3.8, 4) is 5.75 Å². The van der Waals surface area contributed by atoms with E-state index in [1.54, 1.807) is 37.5 Å². The predicted octanol–water partition coefficient (Wildman–Crippen LogP) is 3.37. The predicted molar refractivity (Wildman–Crippen MR) is 70.7 cm³/mol. The van der Waals surface area contributed by atoms with E-state index in [1.807, 2.05) is 12.1 Å². The molecule has 1 N–H and O–H groups in total. The Hall–Kier alpha value is -1.58. The highest BCUT2D eigenvalue weighted by Gasteiger charge is 2.10. The van der Waals surface area contributed by atoms with Crippen molar-refractivity contribution in [2.45, 2.75) is 19.6 Å². The molecule has 0 saturated heterocycles. The maximum atomic E-state index is 9.68. The van der Waals surface area contributed by atoms with Gasteiger partial charge in [-0.1, -0.05) is 11.6 Å². The van der Waals surface area contributed by atoms with Gasteiger partial charge in [0.15, 0.2) is 0 Å². The fourth-order valence-electron chi connectivity index (χ4n) is 1.62. The Morgan fingerprint density at radius 1 is 1.28 bits per heavy atom. The van der Waals surface area contributed by atoms with Crippen LogP contribution in [-0.2, 0) is 6.61 Å². The molecule has 3 nitrogen and oxygen atoms in total. The zero-order valence-electron chi connectivity index (χ0n) is 10.0. The topological polar surface area (TPSA) is 42.4 Å². The van der Waals surface area contributed by atoms with Gasteiger partial charge in [0.2, 0.25) is 0 Å². The maximum absolute atomic E-state index is 9.68. The summed E-state index contributed by atoms with van der Waals surface area (Å²) in [5.41, 5.74) is 1.72. The molecular weight excluding hydrogens is 250 g/mol. The van der Waals surface area contributed by atoms with E-state index in [0.717, 1.165) is 5.56 Å². The van der Waals surface area contributed by atoms with Crippen LogP contribution in [0, 0.1) is 0 Å². The standard InChI is InChI=1S/C14H14ClNO2/c1-10(17)13-8-12(15)2-3-14(13)18-9-11-4-6-16-7-5-11/h2-8,10,17H,9H2,1H3/t10-/m1/s1. The third kappa shape index (κ3) is 3.22. The molecule has 18 heavy (non-hydrogen) atoms. The number of aromatic nitrogens is 1. The molecule has 0 radical (unpaired) electrons. The first-order chi connectivity index (χ1) is 8.66. The molecule has 0 bridgehead atoms. The van der Waals surface area contributed by atoms with Gasteiger partial charge in [-0.05, 0) is 42.8 Å². The van der Waals surface area contributed by atoms with Crippen molar-refractivity contribution in [2.75, 3.05) is 0 Å². The van der Waals surface area contributed by atoms with E-state index < -0.39 is 6.10 Å². The number of rotatable bonds is 4. The van der Waals surface area contributed by atoms with E-state index in [0.29, 0.717) is 22.9 Å². The van der Waals surface area contributed by atoms with E-state index in [2.05, 4.69) is 4.98 Å². The molecule has 0 unspecified atom stereocenters. The summed E-state index contributed by atoms with van der Waals surface area (Å²) in [7, 11) is 0. The van der Waals surface area contributed by atoms with Gasteiger partial charge in [-0.25, -0.2) is 0 Å². The third-order valence-corrected chi connectivity index (χ3v) is 2.80. The lowest BCUT2D eigenvalue weighted by Crippen LogP contribution is -2.01. The van der Waals surface area contributed by atoms with Crippen LogP contribution >= 0.6 is 11.6 Å². The number of aliphatic hydroxyl groups is 1. The summed E-state index contributed by atoms with van der Waals surface area (Å²) in [6.07, 6.45) is 2.82. The summed E-state index contributed by atoms with van der Waals surface area (Å²) in [5.74, 6) is 0.645. The highest BCUT2D eigenvalue weighted by atomic mass is 35.5. The van der Waals surface area contributed by atoms with Crippen LogP contribution in [0.25, 0.3) is 0 Å². The van der Waals surface area contributed by atoms with Gasteiger partial charge in [0.25, 0.3) is 0 Å². The Morgan fingerprint density at radius 3 is 2.67 bits per heavy atom. The Kier molecular flexibility index (Phi) is 4.18. The van der Waals surface area contributed by atoms with E-state index in [4.69, 9.17) is 16.3 Å². The zero-order valence-corrected chi connectivity index (χ0v) is 10.8. The monoisotopic (exact) mass is 263 g/mol. The first-order valence-electron chi connectivity index (χ1n) is 5.66. The van der Waals surface area contributed by atoms with Crippen molar-refractivity contribution >= 4 is 11.6 Å². The van der Waals surface area contributed by atoms with Crippen molar-refractivity contribution < 1.29 is 9.84 Å². The van der Waals surface area contributed by atoms with Crippen molar-refractivity contribution in [1.82, 2.24) is 4.98 Å². The van der Waals surface area contributed by atoms with E-state index in [-0.39, 0.29) is 0 Å². The van der Waals surface area contributed by atoms with Gasteiger partial charge >= 0.3 is 0 Å².